The van der Waals surface area contributed by atoms with Crippen molar-refractivity contribution in [1.29, 1.82) is 0 Å². The highest BCUT2D eigenvalue weighted by molar-refractivity contribution is 7.89. The van der Waals surface area contributed by atoms with E-state index in [1.165, 1.54) is 22.5 Å². The molecular formula is C16H18N2O2S2. The number of aryl methyl sites for hydroxylation is 2. The molecule has 2 aromatic rings. The molecule has 22 heavy (non-hydrogen) atoms. The fraction of sp³-hybridized carbons (Fsp3) is 0.438. The number of thiazole rings is 1. The summed E-state index contributed by atoms with van der Waals surface area (Å²) < 4.78 is 27.7. The van der Waals surface area contributed by atoms with Gasteiger partial charge in [0.15, 0.2) is 0 Å². The lowest BCUT2D eigenvalue weighted by molar-refractivity contribution is 0.395. The van der Waals surface area contributed by atoms with Crippen LogP contribution in [0.15, 0.2) is 34.7 Å². The quantitative estimate of drug-likeness (QED) is 0.866. The van der Waals surface area contributed by atoms with Crippen molar-refractivity contribution < 1.29 is 8.42 Å². The fourth-order valence-corrected chi connectivity index (χ4v) is 6.08. The SMILES string of the molecule is O=S(=O)(c1ccc2c(c1)CCC2)N1CCCC1c1nccs1. The largest absolute Gasteiger partial charge is 0.248 e. The van der Waals surface area contributed by atoms with Gasteiger partial charge in [-0.2, -0.15) is 4.31 Å². The van der Waals surface area contributed by atoms with Crippen LogP contribution >= 0.6 is 11.3 Å². The summed E-state index contributed by atoms with van der Waals surface area (Å²) in [6.07, 6.45) is 6.70. The first-order valence-corrected chi connectivity index (χ1v) is 10.0. The molecule has 4 rings (SSSR count). The van der Waals surface area contributed by atoms with Crippen LogP contribution < -0.4 is 0 Å². The Bertz CT molecular complexity index is 784. The summed E-state index contributed by atoms with van der Waals surface area (Å²) >= 11 is 1.54. The molecule has 1 unspecified atom stereocenters. The maximum atomic E-state index is 13.0. The lowest BCUT2D eigenvalue weighted by Gasteiger charge is -2.22. The van der Waals surface area contributed by atoms with Crippen molar-refractivity contribution in [3.05, 3.63) is 45.9 Å². The Labute approximate surface area is 134 Å². The molecule has 0 bridgehead atoms. The molecular weight excluding hydrogens is 316 g/mol. The van der Waals surface area contributed by atoms with Crippen molar-refractivity contribution in [2.45, 2.75) is 43.0 Å². The molecule has 0 radical (unpaired) electrons. The van der Waals surface area contributed by atoms with Gasteiger partial charge in [0.05, 0.1) is 10.9 Å². The number of benzene rings is 1. The molecule has 1 aliphatic carbocycles. The summed E-state index contributed by atoms with van der Waals surface area (Å²) in [4.78, 5) is 4.77. The van der Waals surface area contributed by atoms with E-state index >= 15 is 0 Å². The van der Waals surface area contributed by atoms with Crippen molar-refractivity contribution in [2.24, 2.45) is 0 Å². The molecule has 6 heteroatoms. The van der Waals surface area contributed by atoms with Gasteiger partial charge in [0, 0.05) is 18.1 Å². The molecule has 1 atom stereocenters. The summed E-state index contributed by atoms with van der Waals surface area (Å²) in [7, 11) is -3.44. The first-order chi connectivity index (χ1) is 10.7. The van der Waals surface area contributed by atoms with E-state index in [-0.39, 0.29) is 6.04 Å². The lowest BCUT2D eigenvalue weighted by atomic mass is 10.1. The third kappa shape index (κ3) is 2.30. The molecule has 2 aliphatic rings. The number of rotatable bonds is 3. The summed E-state index contributed by atoms with van der Waals surface area (Å²) in [5.74, 6) is 0. The first-order valence-electron chi connectivity index (χ1n) is 7.69. The van der Waals surface area contributed by atoms with E-state index in [9.17, 15) is 8.42 Å². The second-order valence-corrected chi connectivity index (χ2v) is 8.74. The molecule has 1 aliphatic heterocycles. The predicted molar refractivity (Wildman–Crippen MR) is 86.4 cm³/mol. The molecule has 1 aromatic heterocycles. The van der Waals surface area contributed by atoms with Crippen LogP contribution in [0.25, 0.3) is 0 Å². The second kappa shape index (κ2) is 5.44. The number of aromatic nitrogens is 1. The smallest absolute Gasteiger partial charge is 0.243 e. The van der Waals surface area contributed by atoms with Gasteiger partial charge >= 0.3 is 0 Å². The zero-order valence-corrected chi connectivity index (χ0v) is 13.9. The number of sulfonamides is 1. The maximum absolute atomic E-state index is 13.0. The molecule has 116 valence electrons. The number of hydrogen-bond donors (Lipinski definition) is 0. The Morgan fingerprint density at radius 1 is 1.18 bits per heavy atom. The van der Waals surface area contributed by atoms with Crippen LogP contribution in [0.4, 0.5) is 0 Å². The monoisotopic (exact) mass is 334 g/mol. The minimum absolute atomic E-state index is 0.0988. The topological polar surface area (TPSA) is 50.3 Å². The van der Waals surface area contributed by atoms with Gasteiger partial charge in [0.25, 0.3) is 0 Å². The molecule has 2 heterocycles. The van der Waals surface area contributed by atoms with Crippen LogP contribution in [0.2, 0.25) is 0 Å². The van der Waals surface area contributed by atoms with E-state index in [1.807, 2.05) is 17.5 Å². The highest BCUT2D eigenvalue weighted by Gasteiger charge is 2.37. The number of fused-ring (bicyclic) bond motifs is 1. The average Bonchev–Trinajstić information content (AvgIpc) is 3.25. The zero-order chi connectivity index (χ0) is 15.2. The van der Waals surface area contributed by atoms with Gasteiger partial charge in [-0.05, 0) is 55.4 Å². The van der Waals surface area contributed by atoms with Crippen LogP contribution in [-0.4, -0.2) is 24.3 Å². The highest BCUT2D eigenvalue weighted by atomic mass is 32.2. The van der Waals surface area contributed by atoms with E-state index in [1.54, 1.807) is 16.6 Å². The standard InChI is InChI=1S/C16H18N2O2S2/c19-22(20,14-7-6-12-3-1-4-13(12)11-14)18-9-2-5-15(18)16-17-8-10-21-16/h6-8,10-11,15H,1-5,9H2. The van der Waals surface area contributed by atoms with Crippen molar-refractivity contribution in [3.63, 3.8) is 0 Å². The Hall–Kier alpha value is -1.24. The van der Waals surface area contributed by atoms with Crippen molar-refractivity contribution in [2.75, 3.05) is 6.54 Å². The number of nitrogens with zero attached hydrogens (tertiary/aromatic N) is 2. The van der Waals surface area contributed by atoms with Gasteiger partial charge in [0.2, 0.25) is 10.0 Å². The molecule has 0 saturated carbocycles. The third-order valence-corrected chi connectivity index (χ3v) is 7.40. The van der Waals surface area contributed by atoms with Gasteiger partial charge in [-0.3, -0.25) is 0 Å². The average molecular weight is 334 g/mol. The summed E-state index contributed by atoms with van der Waals surface area (Å²) in [6, 6.07) is 5.55. The molecule has 1 aromatic carbocycles. The second-order valence-electron chi connectivity index (χ2n) is 5.93. The van der Waals surface area contributed by atoms with Crippen molar-refractivity contribution >= 4 is 21.4 Å². The summed E-state index contributed by atoms with van der Waals surface area (Å²) in [5.41, 5.74) is 2.50. The molecule has 0 amide bonds. The Morgan fingerprint density at radius 3 is 2.86 bits per heavy atom. The van der Waals surface area contributed by atoms with E-state index in [4.69, 9.17) is 0 Å². The number of hydrogen-bond acceptors (Lipinski definition) is 4. The Kier molecular flexibility index (Phi) is 3.55. The van der Waals surface area contributed by atoms with Crippen LogP contribution in [0.5, 0.6) is 0 Å². The van der Waals surface area contributed by atoms with E-state index in [2.05, 4.69) is 4.98 Å². The maximum Gasteiger partial charge on any atom is 0.243 e. The molecule has 0 N–H and O–H groups in total. The summed E-state index contributed by atoms with van der Waals surface area (Å²) in [5, 5.41) is 2.82. The van der Waals surface area contributed by atoms with Crippen LogP contribution in [0.1, 0.15) is 41.4 Å². The lowest BCUT2D eigenvalue weighted by Crippen LogP contribution is -2.30. The van der Waals surface area contributed by atoms with Crippen molar-refractivity contribution in [3.8, 4) is 0 Å². The van der Waals surface area contributed by atoms with Crippen molar-refractivity contribution in [1.82, 2.24) is 9.29 Å². The highest BCUT2D eigenvalue weighted by Crippen LogP contribution is 2.38. The first kappa shape index (κ1) is 14.4. The van der Waals surface area contributed by atoms with Gasteiger partial charge < -0.3 is 0 Å². The predicted octanol–water partition coefficient (Wildman–Crippen LogP) is 3.16. The minimum Gasteiger partial charge on any atom is -0.248 e. The van der Waals surface area contributed by atoms with Crippen LogP contribution in [0.3, 0.4) is 0 Å². The molecule has 1 fully saturated rings. The summed E-state index contributed by atoms with van der Waals surface area (Å²) in [6.45, 7) is 0.587. The third-order valence-electron chi connectivity index (χ3n) is 4.62. The van der Waals surface area contributed by atoms with Gasteiger partial charge in [0.1, 0.15) is 5.01 Å². The van der Waals surface area contributed by atoms with E-state index < -0.39 is 10.0 Å². The molecule has 1 saturated heterocycles. The van der Waals surface area contributed by atoms with E-state index in [0.717, 1.165) is 37.1 Å². The Balaban J connectivity index is 1.71. The van der Waals surface area contributed by atoms with Crippen LogP contribution in [0, 0.1) is 0 Å². The van der Waals surface area contributed by atoms with Gasteiger partial charge in [-0.15, -0.1) is 11.3 Å². The zero-order valence-electron chi connectivity index (χ0n) is 12.2. The normalized spacial score (nSPS) is 22.1. The Morgan fingerprint density at radius 2 is 2.05 bits per heavy atom. The molecule has 0 spiro atoms. The minimum atomic E-state index is -3.44. The van der Waals surface area contributed by atoms with E-state index in [0.29, 0.717) is 11.4 Å². The van der Waals surface area contributed by atoms with Gasteiger partial charge in [-0.25, -0.2) is 13.4 Å². The molecule has 4 nitrogen and oxygen atoms in total. The fourth-order valence-electron chi connectivity index (χ4n) is 3.52. The van der Waals surface area contributed by atoms with Crippen LogP contribution in [-0.2, 0) is 22.9 Å². The van der Waals surface area contributed by atoms with Gasteiger partial charge in [-0.1, -0.05) is 6.07 Å².